The highest BCUT2D eigenvalue weighted by Crippen LogP contribution is 2.67. The van der Waals surface area contributed by atoms with Gasteiger partial charge >= 0.3 is 23.7 Å². The Bertz CT molecular complexity index is 1510. The Balaban J connectivity index is 1.66. The molecule has 12 nitrogen and oxygen atoms in total. The molecule has 45 heavy (non-hydrogen) atoms. The number of hydrogen-bond donors (Lipinski definition) is 2. The summed E-state index contributed by atoms with van der Waals surface area (Å²) in [5.41, 5.74) is -3.20. The van der Waals surface area contributed by atoms with E-state index in [1.165, 1.54) is 13.8 Å². The van der Waals surface area contributed by atoms with Crippen molar-refractivity contribution in [2.24, 2.45) is 22.7 Å². The number of nitrogens with zero attached hydrogens (tertiary/aromatic N) is 1. The summed E-state index contributed by atoms with van der Waals surface area (Å²) in [6, 6.07) is 5.01. The number of fused-ring (bicyclic) bond motifs is 4. The molecule has 0 bridgehead atoms. The van der Waals surface area contributed by atoms with Crippen LogP contribution in [0.1, 0.15) is 78.9 Å². The maximum atomic E-state index is 13.5. The van der Waals surface area contributed by atoms with E-state index < -0.39 is 70.2 Å². The molecule has 0 radical (unpaired) electrons. The van der Waals surface area contributed by atoms with Crippen molar-refractivity contribution in [3.8, 4) is 17.1 Å². The van der Waals surface area contributed by atoms with Crippen molar-refractivity contribution < 1.29 is 42.9 Å². The van der Waals surface area contributed by atoms with Crippen LogP contribution in [0.4, 0.5) is 4.79 Å². The lowest BCUT2D eigenvalue weighted by atomic mass is 9.42. The van der Waals surface area contributed by atoms with Crippen LogP contribution >= 0.6 is 0 Å². The second kappa shape index (κ2) is 12.1. The molecule has 1 aliphatic heterocycles. The van der Waals surface area contributed by atoms with Gasteiger partial charge in [-0.2, -0.15) is 0 Å². The van der Waals surface area contributed by atoms with Crippen LogP contribution in [0.25, 0.3) is 11.3 Å². The first kappa shape index (κ1) is 32.5. The Labute approximate surface area is 261 Å². The highest BCUT2D eigenvalue weighted by atomic mass is 16.6. The van der Waals surface area contributed by atoms with Gasteiger partial charge in [0, 0.05) is 55.7 Å². The number of carbonyl (C=O) groups excluding carboxylic acids is 3. The summed E-state index contributed by atoms with van der Waals surface area (Å²) in [6.45, 7) is 10.6. The largest absolute Gasteiger partial charge is 0.482 e. The average Bonchev–Trinajstić information content (AvgIpc) is 2.97. The van der Waals surface area contributed by atoms with Gasteiger partial charge in [-0.25, -0.2) is 9.59 Å². The Morgan fingerprint density at radius 2 is 1.89 bits per heavy atom. The topological polar surface area (TPSA) is 163 Å². The Kier molecular flexibility index (Phi) is 8.74. The molecule has 2 fully saturated rings. The lowest BCUT2D eigenvalue weighted by Gasteiger charge is -2.66. The Morgan fingerprint density at radius 1 is 1.13 bits per heavy atom. The van der Waals surface area contributed by atoms with Crippen molar-refractivity contribution in [2.45, 2.75) is 91.1 Å². The van der Waals surface area contributed by atoms with Gasteiger partial charge in [0.15, 0.2) is 0 Å². The van der Waals surface area contributed by atoms with Gasteiger partial charge in [0.2, 0.25) is 0 Å². The van der Waals surface area contributed by atoms with Gasteiger partial charge in [-0.3, -0.25) is 14.6 Å². The van der Waals surface area contributed by atoms with Crippen molar-refractivity contribution >= 4 is 18.0 Å². The number of aliphatic hydroxyl groups is 1. The Hall–Kier alpha value is -3.93. The number of aromatic nitrogens is 1. The minimum Gasteiger partial charge on any atom is -0.482 e. The van der Waals surface area contributed by atoms with Crippen LogP contribution < -0.4 is 15.7 Å². The second-order valence-corrected chi connectivity index (χ2v) is 13.2. The quantitative estimate of drug-likeness (QED) is 0.332. The molecule has 2 N–H and O–H groups in total. The van der Waals surface area contributed by atoms with Gasteiger partial charge in [0.05, 0.1) is 6.10 Å². The normalized spacial score (nSPS) is 33.4. The molecule has 2 aromatic rings. The summed E-state index contributed by atoms with van der Waals surface area (Å²) >= 11 is 0. The van der Waals surface area contributed by atoms with Gasteiger partial charge in [-0.05, 0) is 56.1 Å². The minimum atomic E-state index is -1.36. The molecule has 0 aromatic carbocycles. The van der Waals surface area contributed by atoms with Crippen molar-refractivity contribution in [3.05, 3.63) is 46.6 Å². The highest BCUT2D eigenvalue weighted by Gasteiger charge is 2.71. The third-order valence-electron chi connectivity index (χ3n) is 10.2. The molecule has 1 amide bonds. The van der Waals surface area contributed by atoms with Crippen molar-refractivity contribution in [2.75, 3.05) is 13.2 Å². The molecule has 3 heterocycles. The average molecular weight is 627 g/mol. The second-order valence-electron chi connectivity index (χ2n) is 13.2. The van der Waals surface area contributed by atoms with E-state index in [-0.39, 0.29) is 30.1 Å². The van der Waals surface area contributed by atoms with E-state index in [1.54, 1.807) is 37.5 Å². The zero-order chi connectivity index (χ0) is 32.7. The molecule has 2 aliphatic carbocycles. The SMILES string of the molecule is CCCNC(=O)O[C@H]1CC2[C@](C)(CC[C@H](OC(C)=O)[C@@]2(C)COC(C)=O)C2C(O)c3c(cc(-c4cccnc4)oc3=O)O[C@@]21C. The molecule has 3 unspecified atom stereocenters. The number of pyridine rings is 1. The smallest absolute Gasteiger partial charge is 0.407 e. The van der Waals surface area contributed by atoms with Crippen LogP contribution in [0.2, 0.25) is 0 Å². The van der Waals surface area contributed by atoms with Crippen LogP contribution in [0.3, 0.4) is 0 Å². The van der Waals surface area contributed by atoms with Gasteiger partial charge in [0.1, 0.15) is 41.5 Å². The van der Waals surface area contributed by atoms with E-state index in [0.717, 1.165) is 0 Å². The summed E-state index contributed by atoms with van der Waals surface area (Å²) in [7, 11) is 0. The lowest BCUT2D eigenvalue weighted by molar-refractivity contribution is -0.266. The summed E-state index contributed by atoms with van der Waals surface area (Å²) in [5.74, 6) is -1.79. The molecular formula is C33H42N2O10. The molecule has 244 valence electrons. The van der Waals surface area contributed by atoms with Crippen LogP contribution in [0.15, 0.2) is 39.8 Å². The van der Waals surface area contributed by atoms with E-state index in [0.29, 0.717) is 31.4 Å². The van der Waals surface area contributed by atoms with Gasteiger partial charge < -0.3 is 33.8 Å². The van der Waals surface area contributed by atoms with E-state index >= 15 is 0 Å². The zero-order valence-corrected chi connectivity index (χ0v) is 26.6. The molecular weight excluding hydrogens is 584 g/mol. The van der Waals surface area contributed by atoms with E-state index in [4.69, 9.17) is 23.4 Å². The monoisotopic (exact) mass is 626 g/mol. The van der Waals surface area contributed by atoms with Crippen LogP contribution in [-0.4, -0.2) is 59.1 Å². The molecule has 0 saturated heterocycles. The fourth-order valence-electron chi connectivity index (χ4n) is 8.24. The number of nitrogens with one attached hydrogen (secondary N) is 1. The number of rotatable bonds is 7. The van der Waals surface area contributed by atoms with Gasteiger partial charge in [-0.15, -0.1) is 0 Å². The number of ether oxygens (including phenoxy) is 4. The summed E-state index contributed by atoms with van der Waals surface area (Å²) in [4.78, 5) is 54.9. The molecule has 8 atom stereocenters. The molecule has 3 aliphatic rings. The van der Waals surface area contributed by atoms with Gasteiger partial charge in [-0.1, -0.05) is 20.8 Å². The summed E-state index contributed by atoms with van der Waals surface area (Å²) in [6.07, 6.45) is 1.44. The highest BCUT2D eigenvalue weighted by molar-refractivity contribution is 5.68. The third kappa shape index (κ3) is 5.69. The first-order valence-corrected chi connectivity index (χ1v) is 15.4. The van der Waals surface area contributed by atoms with Gasteiger partial charge in [0.25, 0.3) is 0 Å². The van der Waals surface area contributed by atoms with E-state index in [2.05, 4.69) is 10.3 Å². The van der Waals surface area contributed by atoms with Crippen LogP contribution in [0.5, 0.6) is 5.75 Å². The van der Waals surface area contributed by atoms with Crippen molar-refractivity contribution in [3.63, 3.8) is 0 Å². The maximum absolute atomic E-state index is 13.5. The zero-order valence-electron chi connectivity index (χ0n) is 26.6. The van der Waals surface area contributed by atoms with Crippen molar-refractivity contribution in [1.82, 2.24) is 10.3 Å². The first-order valence-electron chi connectivity index (χ1n) is 15.4. The van der Waals surface area contributed by atoms with E-state index in [1.807, 2.05) is 20.8 Å². The number of alkyl carbamates (subject to hydrolysis) is 1. The fourth-order valence-corrected chi connectivity index (χ4v) is 8.24. The molecule has 5 rings (SSSR count). The van der Waals surface area contributed by atoms with Crippen LogP contribution in [-0.2, 0) is 23.8 Å². The molecule has 2 aromatic heterocycles. The number of carbonyl (C=O) groups is 3. The van der Waals surface area contributed by atoms with Crippen LogP contribution in [0, 0.1) is 22.7 Å². The summed E-state index contributed by atoms with van der Waals surface area (Å²) in [5, 5.41) is 14.9. The first-order chi connectivity index (χ1) is 21.2. The standard InChI is InChI=1S/C33H42N2O10/c1-7-12-35-30(40)44-25-15-23-31(4,11-10-24(42-19(3)37)32(23,5)17-41-18(2)36)28-27(38)26-22(45-33(25,28)6)14-21(43-29(26)39)20-9-8-13-34-16-20/h8-9,13-14,16,23-25,27-28,38H,7,10-12,15,17H2,1-6H3,(H,35,40)/t23?,24-,25-,27?,28?,31-,32-,33+/m0/s1. The number of esters is 2. The number of hydrogen-bond acceptors (Lipinski definition) is 11. The predicted octanol–water partition coefficient (Wildman–Crippen LogP) is 4.33. The molecule has 2 saturated carbocycles. The predicted molar refractivity (Wildman–Crippen MR) is 160 cm³/mol. The lowest BCUT2D eigenvalue weighted by Crippen LogP contribution is -2.71. The number of aliphatic hydroxyl groups excluding tert-OH is 1. The number of amides is 1. The fraction of sp³-hybridized carbons (Fsp3) is 0.606. The molecule has 0 spiro atoms. The summed E-state index contributed by atoms with van der Waals surface area (Å²) < 4.78 is 29.8. The molecule has 12 heteroatoms. The van der Waals surface area contributed by atoms with Crippen molar-refractivity contribution in [1.29, 1.82) is 0 Å². The minimum absolute atomic E-state index is 0.0232. The van der Waals surface area contributed by atoms with E-state index in [9.17, 15) is 24.3 Å². The maximum Gasteiger partial charge on any atom is 0.407 e. The Morgan fingerprint density at radius 3 is 2.53 bits per heavy atom. The third-order valence-corrected chi connectivity index (χ3v) is 10.2.